The van der Waals surface area contributed by atoms with E-state index in [1.165, 1.54) is 5.56 Å². The van der Waals surface area contributed by atoms with Crippen LogP contribution in [0.1, 0.15) is 30.5 Å². The SMILES string of the molecule is NC(CCCCc1ccc(Cl)cc1)C(=O)NCc1ccccn1. The number of aryl methyl sites for hydroxylation is 1. The Hall–Kier alpha value is -1.91. The molecule has 0 saturated carbocycles. The Kier molecular flexibility index (Phi) is 7.04. The van der Waals surface area contributed by atoms with Crippen LogP contribution in [0.4, 0.5) is 0 Å². The van der Waals surface area contributed by atoms with Gasteiger partial charge in [-0.3, -0.25) is 9.78 Å². The van der Waals surface area contributed by atoms with E-state index < -0.39 is 6.04 Å². The Bertz CT molecular complexity index is 601. The Morgan fingerprint density at radius 2 is 1.96 bits per heavy atom. The first-order valence-corrected chi connectivity index (χ1v) is 8.20. The van der Waals surface area contributed by atoms with Crippen LogP contribution in [0.2, 0.25) is 5.02 Å². The number of aromatic nitrogens is 1. The maximum absolute atomic E-state index is 11.9. The molecule has 0 aliphatic heterocycles. The summed E-state index contributed by atoms with van der Waals surface area (Å²) in [5, 5.41) is 3.57. The molecular weight excluding hydrogens is 310 g/mol. The first-order chi connectivity index (χ1) is 11.1. The number of hydrogen-bond donors (Lipinski definition) is 2. The van der Waals surface area contributed by atoms with Gasteiger partial charge in [-0.25, -0.2) is 0 Å². The molecule has 2 aromatic rings. The highest BCUT2D eigenvalue weighted by Crippen LogP contribution is 2.12. The van der Waals surface area contributed by atoms with Crippen LogP contribution in [0, 0.1) is 0 Å². The molecule has 0 saturated heterocycles. The smallest absolute Gasteiger partial charge is 0.237 e. The van der Waals surface area contributed by atoms with Gasteiger partial charge in [0.15, 0.2) is 0 Å². The second kappa shape index (κ2) is 9.28. The van der Waals surface area contributed by atoms with E-state index in [0.29, 0.717) is 13.0 Å². The van der Waals surface area contributed by atoms with E-state index in [4.69, 9.17) is 17.3 Å². The standard InChI is InChI=1S/C18H22ClN3O/c19-15-10-8-14(9-11-15)5-1-2-7-17(20)18(23)22-13-16-6-3-4-12-21-16/h3-4,6,8-12,17H,1-2,5,7,13,20H2,(H,22,23). The molecule has 1 heterocycles. The van der Waals surface area contributed by atoms with E-state index in [9.17, 15) is 4.79 Å². The molecule has 5 heteroatoms. The molecule has 1 atom stereocenters. The third-order valence-electron chi connectivity index (χ3n) is 3.65. The average Bonchev–Trinajstić information content (AvgIpc) is 2.59. The Balaban J connectivity index is 1.63. The lowest BCUT2D eigenvalue weighted by molar-refractivity contribution is -0.122. The maximum atomic E-state index is 11.9. The molecule has 2 rings (SSSR count). The summed E-state index contributed by atoms with van der Waals surface area (Å²) < 4.78 is 0. The van der Waals surface area contributed by atoms with Crippen LogP contribution in [0.5, 0.6) is 0 Å². The number of nitrogens with two attached hydrogens (primary N) is 1. The molecule has 0 aliphatic carbocycles. The summed E-state index contributed by atoms with van der Waals surface area (Å²) in [6, 6.07) is 13.0. The molecule has 4 nitrogen and oxygen atoms in total. The summed E-state index contributed by atoms with van der Waals surface area (Å²) >= 11 is 5.86. The van der Waals surface area contributed by atoms with Gasteiger partial charge in [0.2, 0.25) is 5.91 Å². The number of benzene rings is 1. The number of unbranched alkanes of at least 4 members (excludes halogenated alkanes) is 1. The summed E-state index contributed by atoms with van der Waals surface area (Å²) in [4.78, 5) is 16.1. The number of nitrogens with one attached hydrogen (secondary N) is 1. The molecule has 122 valence electrons. The topological polar surface area (TPSA) is 68.0 Å². The van der Waals surface area contributed by atoms with E-state index in [0.717, 1.165) is 30.0 Å². The number of halogens is 1. The molecular formula is C18H22ClN3O. The van der Waals surface area contributed by atoms with Crippen LogP contribution in [-0.2, 0) is 17.8 Å². The average molecular weight is 332 g/mol. The second-order valence-electron chi connectivity index (χ2n) is 5.52. The van der Waals surface area contributed by atoms with E-state index in [-0.39, 0.29) is 5.91 Å². The van der Waals surface area contributed by atoms with E-state index in [2.05, 4.69) is 10.3 Å². The van der Waals surface area contributed by atoms with Crippen LogP contribution in [0.25, 0.3) is 0 Å². The summed E-state index contributed by atoms with van der Waals surface area (Å²) in [6.07, 6.45) is 5.28. The summed E-state index contributed by atoms with van der Waals surface area (Å²) in [7, 11) is 0. The molecule has 0 fully saturated rings. The number of carbonyl (C=O) groups excluding carboxylic acids is 1. The van der Waals surface area contributed by atoms with Crippen LogP contribution in [0.3, 0.4) is 0 Å². The number of pyridine rings is 1. The van der Waals surface area contributed by atoms with Crippen molar-refractivity contribution in [3.8, 4) is 0 Å². The second-order valence-corrected chi connectivity index (χ2v) is 5.95. The highest BCUT2D eigenvalue weighted by molar-refractivity contribution is 6.30. The molecule has 1 aromatic heterocycles. The minimum absolute atomic E-state index is 0.123. The monoisotopic (exact) mass is 331 g/mol. The third-order valence-corrected chi connectivity index (χ3v) is 3.90. The zero-order valence-corrected chi connectivity index (χ0v) is 13.8. The van der Waals surface area contributed by atoms with E-state index in [1.807, 2.05) is 42.5 Å². The van der Waals surface area contributed by atoms with Gasteiger partial charge in [0.05, 0.1) is 18.3 Å². The minimum Gasteiger partial charge on any atom is -0.349 e. The number of carbonyl (C=O) groups is 1. The van der Waals surface area contributed by atoms with Crippen LogP contribution in [-0.4, -0.2) is 16.9 Å². The first-order valence-electron chi connectivity index (χ1n) is 7.83. The molecule has 0 spiro atoms. The van der Waals surface area contributed by atoms with E-state index >= 15 is 0 Å². The quantitative estimate of drug-likeness (QED) is 0.730. The van der Waals surface area contributed by atoms with Crippen molar-refractivity contribution in [2.75, 3.05) is 0 Å². The number of amides is 1. The zero-order chi connectivity index (χ0) is 16.5. The van der Waals surface area contributed by atoms with Crippen molar-refractivity contribution in [3.63, 3.8) is 0 Å². The van der Waals surface area contributed by atoms with Gasteiger partial charge in [-0.2, -0.15) is 0 Å². The molecule has 0 radical (unpaired) electrons. The lowest BCUT2D eigenvalue weighted by atomic mass is 10.0. The highest BCUT2D eigenvalue weighted by atomic mass is 35.5. The fourth-order valence-corrected chi connectivity index (χ4v) is 2.41. The molecule has 0 bridgehead atoms. The Morgan fingerprint density at radius 3 is 2.65 bits per heavy atom. The van der Waals surface area contributed by atoms with Crippen molar-refractivity contribution in [2.24, 2.45) is 5.73 Å². The van der Waals surface area contributed by atoms with Crippen molar-refractivity contribution >= 4 is 17.5 Å². The van der Waals surface area contributed by atoms with Crippen molar-refractivity contribution in [3.05, 3.63) is 64.9 Å². The van der Waals surface area contributed by atoms with Crippen molar-refractivity contribution in [1.82, 2.24) is 10.3 Å². The summed E-state index contributed by atoms with van der Waals surface area (Å²) in [5.74, 6) is -0.123. The van der Waals surface area contributed by atoms with Crippen LogP contribution >= 0.6 is 11.6 Å². The van der Waals surface area contributed by atoms with Crippen molar-refractivity contribution in [1.29, 1.82) is 0 Å². The van der Waals surface area contributed by atoms with Gasteiger partial charge in [0.1, 0.15) is 0 Å². The molecule has 1 aromatic carbocycles. The van der Waals surface area contributed by atoms with Gasteiger partial charge in [-0.1, -0.05) is 36.2 Å². The molecule has 0 aliphatic rings. The molecule has 23 heavy (non-hydrogen) atoms. The fraction of sp³-hybridized carbons (Fsp3) is 0.333. The van der Waals surface area contributed by atoms with Gasteiger partial charge in [-0.15, -0.1) is 0 Å². The van der Waals surface area contributed by atoms with E-state index in [1.54, 1.807) is 6.20 Å². The van der Waals surface area contributed by atoms with Gasteiger partial charge < -0.3 is 11.1 Å². The first kappa shape index (κ1) is 17.4. The number of nitrogens with zero attached hydrogens (tertiary/aromatic N) is 1. The van der Waals surface area contributed by atoms with Gasteiger partial charge in [0, 0.05) is 11.2 Å². The van der Waals surface area contributed by atoms with Crippen LogP contribution in [0.15, 0.2) is 48.7 Å². The third kappa shape index (κ3) is 6.38. The predicted molar refractivity (Wildman–Crippen MR) is 93.1 cm³/mol. The predicted octanol–water partition coefficient (Wildman–Crippen LogP) is 3.09. The molecule has 3 N–H and O–H groups in total. The van der Waals surface area contributed by atoms with Gasteiger partial charge in [-0.05, 0) is 49.1 Å². The van der Waals surface area contributed by atoms with Gasteiger partial charge in [0.25, 0.3) is 0 Å². The summed E-state index contributed by atoms with van der Waals surface area (Å²) in [6.45, 7) is 0.415. The van der Waals surface area contributed by atoms with Crippen molar-refractivity contribution in [2.45, 2.75) is 38.3 Å². The maximum Gasteiger partial charge on any atom is 0.237 e. The van der Waals surface area contributed by atoms with Gasteiger partial charge >= 0.3 is 0 Å². The minimum atomic E-state index is -0.469. The Labute approximate surface area is 142 Å². The Morgan fingerprint density at radius 1 is 1.17 bits per heavy atom. The molecule has 1 unspecified atom stereocenters. The summed E-state index contributed by atoms with van der Waals surface area (Å²) in [5.41, 5.74) is 8.01. The normalized spacial score (nSPS) is 11.9. The highest BCUT2D eigenvalue weighted by Gasteiger charge is 2.12. The fourth-order valence-electron chi connectivity index (χ4n) is 2.29. The van der Waals surface area contributed by atoms with Crippen LogP contribution < -0.4 is 11.1 Å². The largest absolute Gasteiger partial charge is 0.349 e. The van der Waals surface area contributed by atoms with Crippen molar-refractivity contribution < 1.29 is 4.79 Å². The lowest BCUT2D eigenvalue weighted by Crippen LogP contribution is -2.40. The zero-order valence-electron chi connectivity index (χ0n) is 13.0. The number of rotatable bonds is 8. The molecule has 1 amide bonds. The number of hydrogen-bond acceptors (Lipinski definition) is 3. The lowest BCUT2D eigenvalue weighted by Gasteiger charge is -2.12.